The van der Waals surface area contributed by atoms with Gasteiger partial charge in [-0.1, -0.05) is 158 Å². The zero-order valence-electron chi connectivity index (χ0n) is 29.2. The van der Waals surface area contributed by atoms with Gasteiger partial charge >= 0.3 is 0 Å². The Balaban J connectivity index is 1.08. The lowest BCUT2D eigenvalue weighted by atomic mass is 9.85. The van der Waals surface area contributed by atoms with Crippen molar-refractivity contribution in [1.82, 2.24) is 9.88 Å². The molecule has 254 valence electrons. The van der Waals surface area contributed by atoms with E-state index in [0.29, 0.717) is 0 Å². The quantitative estimate of drug-likeness (QED) is 0.0999. The van der Waals surface area contributed by atoms with Crippen LogP contribution in [0.2, 0.25) is 0 Å². The average molecular weight is 683 g/mol. The van der Waals surface area contributed by atoms with Crippen LogP contribution in [0.3, 0.4) is 0 Å². The van der Waals surface area contributed by atoms with Crippen LogP contribution in [-0.4, -0.2) is 16.9 Å². The first-order valence-corrected chi connectivity index (χ1v) is 18.4. The Hall–Kier alpha value is -6.33. The second kappa shape index (κ2) is 13.0. The standard InChI is InChI=1S/C49H38N4/c50-48(52-49(51-31-32-13-2-1-3-14-32)42-23-12-17-33-15-4-6-18-37(33)42)35-25-28-36(29-26-35)53-44-24-11-10-22-43(44)46-45-38-19-7-5-16-34(38)27-30-40(45)39-20-8-9-21-41(39)47(46)53/h1-22,24-31,42,48-49,52H,23,50H2. The zero-order chi connectivity index (χ0) is 35.3. The molecule has 3 atom stereocenters. The molecule has 1 aliphatic carbocycles. The number of allylic oxidation sites excluding steroid dienone is 1. The average Bonchev–Trinajstić information content (AvgIpc) is 3.58. The van der Waals surface area contributed by atoms with Gasteiger partial charge in [0, 0.05) is 39.4 Å². The number of nitrogens with one attached hydrogen (secondary N) is 1. The van der Waals surface area contributed by atoms with E-state index in [0.717, 1.165) is 23.2 Å². The fourth-order valence-electron chi connectivity index (χ4n) is 8.55. The molecule has 4 heteroatoms. The van der Waals surface area contributed by atoms with Crippen LogP contribution in [0.4, 0.5) is 0 Å². The normalized spacial score (nSPS) is 15.5. The minimum absolute atomic E-state index is 0.151. The molecule has 1 aliphatic rings. The van der Waals surface area contributed by atoms with E-state index in [2.05, 4.69) is 168 Å². The number of aliphatic imine (C=N–C) groups is 1. The summed E-state index contributed by atoms with van der Waals surface area (Å²) in [4.78, 5) is 5.13. The number of benzene rings is 8. The molecule has 0 spiro atoms. The number of fused-ring (bicyclic) bond motifs is 11. The Morgan fingerprint density at radius 1 is 0.623 bits per heavy atom. The molecule has 3 N–H and O–H groups in total. The minimum atomic E-state index is -0.422. The molecule has 0 saturated carbocycles. The highest BCUT2D eigenvalue weighted by Crippen LogP contribution is 2.44. The summed E-state index contributed by atoms with van der Waals surface area (Å²) in [7, 11) is 0. The van der Waals surface area contributed by atoms with E-state index in [1.807, 2.05) is 24.4 Å². The Morgan fingerprint density at radius 3 is 2.17 bits per heavy atom. The first kappa shape index (κ1) is 31.4. The Labute approximate surface area is 308 Å². The topological polar surface area (TPSA) is 55.3 Å². The van der Waals surface area contributed by atoms with Crippen LogP contribution in [0, 0.1) is 0 Å². The number of aromatic nitrogens is 1. The van der Waals surface area contributed by atoms with Crippen LogP contribution in [0.15, 0.2) is 175 Å². The van der Waals surface area contributed by atoms with Crippen molar-refractivity contribution in [2.75, 3.05) is 0 Å². The second-order valence-corrected chi connectivity index (χ2v) is 14.1. The summed E-state index contributed by atoms with van der Waals surface area (Å²) in [5.74, 6) is 0.151. The molecule has 0 bridgehead atoms. The van der Waals surface area contributed by atoms with E-state index in [4.69, 9.17) is 10.7 Å². The van der Waals surface area contributed by atoms with Gasteiger partial charge in [-0.15, -0.1) is 0 Å². The fourth-order valence-corrected chi connectivity index (χ4v) is 8.55. The van der Waals surface area contributed by atoms with Crippen LogP contribution in [0.1, 0.15) is 40.8 Å². The minimum Gasteiger partial charge on any atom is -0.312 e. The van der Waals surface area contributed by atoms with Crippen molar-refractivity contribution in [3.8, 4) is 5.69 Å². The molecule has 0 aliphatic heterocycles. The van der Waals surface area contributed by atoms with Crippen LogP contribution in [-0.2, 0) is 0 Å². The molecule has 53 heavy (non-hydrogen) atoms. The van der Waals surface area contributed by atoms with Crippen molar-refractivity contribution >= 4 is 66.4 Å². The van der Waals surface area contributed by atoms with Crippen LogP contribution < -0.4 is 11.1 Å². The third kappa shape index (κ3) is 5.34. The molecule has 1 heterocycles. The van der Waals surface area contributed by atoms with E-state index in [1.54, 1.807) is 0 Å². The molecule has 10 rings (SSSR count). The monoisotopic (exact) mass is 682 g/mol. The SMILES string of the molecule is NC(NC(N=Cc1ccccc1)C1CC=Cc2ccccc21)c1ccc(-n2c3ccccc3c3c4c5ccccc5ccc4c4ccccc4c32)cc1. The predicted molar refractivity (Wildman–Crippen MR) is 224 cm³/mol. The zero-order valence-corrected chi connectivity index (χ0v) is 29.2. The third-order valence-electron chi connectivity index (χ3n) is 11.0. The van der Waals surface area contributed by atoms with Crippen molar-refractivity contribution in [3.05, 3.63) is 192 Å². The number of nitrogens with zero attached hydrogens (tertiary/aromatic N) is 2. The van der Waals surface area contributed by atoms with Gasteiger partial charge in [0.25, 0.3) is 0 Å². The summed E-state index contributed by atoms with van der Waals surface area (Å²) in [6.45, 7) is 0. The Kier molecular flexibility index (Phi) is 7.71. The van der Waals surface area contributed by atoms with Gasteiger partial charge in [0.2, 0.25) is 0 Å². The fraction of sp³-hybridized carbons (Fsp3) is 0.0816. The maximum absolute atomic E-state index is 7.02. The lowest BCUT2D eigenvalue weighted by molar-refractivity contribution is 0.394. The lowest BCUT2D eigenvalue weighted by Crippen LogP contribution is -2.40. The molecular formula is C49H38N4. The van der Waals surface area contributed by atoms with Gasteiger partial charge < -0.3 is 10.3 Å². The van der Waals surface area contributed by atoms with E-state index >= 15 is 0 Å². The Bertz CT molecular complexity index is 2860. The maximum Gasteiger partial charge on any atom is 0.108 e. The van der Waals surface area contributed by atoms with Gasteiger partial charge in [-0.3, -0.25) is 10.3 Å². The number of hydrogen-bond acceptors (Lipinski definition) is 3. The highest BCUT2D eigenvalue weighted by molar-refractivity contribution is 6.36. The number of para-hydroxylation sites is 1. The highest BCUT2D eigenvalue weighted by Gasteiger charge is 2.27. The summed E-state index contributed by atoms with van der Waals surface area (Å²) in [5, 5.41) is 13.9. The molecular weight excluding hydrogens is 645 g/mol. The molecule has 0 saturated heterocycles. The summed E-state index contributed by atoms with van der Waals surface area (Å²) in [6.07, 6.45) is 6.68. The van der Waals surface area contributed by atoms with E-state index in [1.165, 1.54) is 65.3 Å². The first-order chi connectivity index (χ1) is 26.2. The van der Waals surface area contributed by atoms with Crippen LogP contribution in [0.25, 0.3) is 65.9 Å². The molecule has 0 amide bonds. The van der Waals surface area contributed by atoms with Crippen molar-refractivity contribution < 1.29 is 0 Å². The summed E-state index contributed by atoms with van der Waals surface area (Å²) >= 11 is 0. The number of hydrogen-bond donors (Lipinski definition) is 2. The number of nitrogens with two attached hydrogens (primary N) is 1. The summed E-state index contributed by atoms with van der Waals surface area (Å²) in [6, 6.07) is 58.6. The van der Waals surface area contributed by atoms with Gasteiger partial charge in [0.05, 0.1) is 17.2 Å². The van der Waals surface area contributed by atoms with Gasteiger partial charge in [-0.05, 0) is 68.4 Å². The first-order valence-electron chi connectivity index (χ1n) is 18.4. The van der Waals surface area contributed by atoms with Gasteiger partial charge in [-0.2, -0.15) is 0 Å². The third-order valence-corrected chi connectivity index (χ3v) is 11.0. The van der Waals surface area contributed by atoms with Crippen molar-refractivity contribution in [3.63, 3.8) is 0 Å². The summed E-state index contributed by atoms with van der Waals surface area (Å²) in [5.41, 5.74) is 15.1. The Morgan fingerprint density at radius 2 is 1.32 bits per heavy atom. The second-order valence-electron chi connectivity index (χ2n) is 14.1. The smallest absolute Gasteiger partial charge is 0.108 e. The van der Waals surface area contributed by atoms with Crippen molar-refractivity contribution in [1.29, 1.82) is 0 Å². The maximum atomic E-state index is 7.02. The highest BCUT2D eigenvalue weighted by atomic mass is 15.1. The van der Waals surface area contributed by atoms with Crippen LogP contribution >= 0.6 is 0 Å². The van der Waals surface area contributed by atoms with E-state index < -0.39 is 6.17 Å². The van der Waals surface area contributed by atoms with Crippen molar-refractivity contribution in [2.45, 2.75) is 24.7 Å². The van der Waals surface area contributed by atoms with Crippen molar-refractivity contribution in [2.24, 2.45) is 10.7 Å². The lowest BCUT2D eigenvalue weighted by Gasteiger charge is -2.30. The predicted octanol–water partition coefficient (Wildman–Crippen LogP) is 11.4. The molecule has 3 unspecified atom stereocenters. The molecule has 9 aromatic rings. The molecule has 0 radical (unpaired) electrons. The number of rotatable bonds is 7. The van der Waals surface area contributed by atoms with Gasteiger partial charge in [0.15, 0.2) is 0 Å². The van der Waals surface area contributed by atoms with Gasteiger partial charge in [-0.25, -0.2) is 0 Å². The van der Waals surface area contributed by atoms with E-state index in [-0.39, 0.29) is 12.1 Å². The van der Waals surface area contributed by atoms with E-state index in [9.17, 15) is 0 Å². The van der Waals surface area contributed by atoms with Gasteiger partial charge in [0.1, 0.15) is 6.17 Å². The molecule has 4 nitrogen and oxygen atoms in total. The molecule has 1 aromatic heterocycles. The molecule has 0 fully saturated rings. The summed E-state index contributed by atoms with van der Waals surface area (Å²) < 4.78 is 2.44. The van der Waals surface area contributed by atoms with Crippen LogP contribution in [0.5, 0.6) is 0 Å². The molecule has 8 aromatic carbocycles. The largest absolute Gasteiger partial charge is 0.312 e.